The third-order valence-corrected chi connectivity index (χ3v) is 3.33. The minimum atomic E-state index is -0.435. The maximum absolute atomic E-state index is 13.1. The highest BCUT2D eigenvalue weighted by molar-refractivity contribution is 5.94. The molecule has 0 unspecified atom stereocenters. The average molecular weight is 310 g/mol. The molecule has 0 aliphatic carbocycles. The first kappa shape index (κ1) is 15.0. The minimum absolute atomic E-state index is 0.289. The number of hydrogen-bond donors (Lipinski definition) is 1. The van der Waals surface area contributed by atoms with Crippen LogP contribution in [0.15, 0.2) is 60.8 Å². The molecule has 3 rings (SSSR count). The van der Waals surface area contributed by atoms with Gasteiger partial charge in [-0.2, -0.15) is 0 Å². The number of fused-ring (bicyclic) bond motifs is 1. The maximum Gasteiger partial charge on any atom is 0.251 e. The van der Waals surface area contributed by atoms with Gasteiger partial charge in [0.05, 0.1) is 6.54 Å². The van der Waals surface area contributed by atoms with Crippen molar-refractivity contribution in [1.29, 1.82) is 0 Å². The number of halogens is 1. The molecule has 23 heavy (non-hydrogen) atoms. The highest BCUT2D eigenvalue weighted by Gasteiger charge is 2.06. The van der Waals surface area contributed by atoms with E-state index in [2.05, 4.69) is 10.3 Å². The second-order valence-corrected chi connectivity index (χ2v) is 4.95. The molecular weight excluding hydrogens is 295 g/mol. The van der Waals surface area contributed by atoms with Crippen molar-refractivity contribution >= 4 is 16.8 Å². The van der Waals surface area contributed by atoms with Gasteiger partial charge in [0.1, 0.15) is 23.7 Å². The van der Waals surface area contributed by atoms with Crippen LogP contribution in [0.5, 0.6) is 5.75 Å². The molecule has 0 saturated heterocycles. The van der Waals surface area contributed by atoms with Gasteiger partial charge in [-0.3, -0.25) is 9.78 Å². The zero-order valence-electron chi connectivity index (χ0n) is 12.3. The highest BCUT2D eigenvalue weighted by Crippen LogP contribution is 2.22. The first-order valence-electron chi connectivity index (χ1n) is 7.24. The molecule has 0 aliphatic rings. The van der Waals surface area contributed by atoms with E-state index in [1.54, 1.807) is 12.3 Å². The molecule has 116 valence electrons. The SMILES string of the molecule is O=C(NCCOc1cccc2cccnc12)c1cccc(F)c1. The lowest BCUT2D eigenvalue weighted by molar-refractivity contribution is 0.0946. The molecule has 0 radical (unpaired) electrons. The summed E-state index contributed by atoms with van der Waals surface area (Å²) in [6.07, 6.45) is 1.71. The maximum atomic E-state index is 13.1. The van der Waals surface area contributed by atoms with Gasteiger partial charge in [-0.25, -0.2) is 4.39 Å². The Kier molecular flexibility index (Phi) is 4.47. The van der Waals surface area contributed by atoms with E-state index in [1.165, 1.54) is 18.2 Å². The number of nitrogens with zero attached hydrogens (tertiary/aromatic N) is 1. The number of benzene rings is 2. The highest BCUT2D eigenvalue weighted by atomic mass is 19.1. The zero-order valence-corrected chi connectivity index (χ0v) is 12.3. The van der Waals surface area contributed by atoms with Crippen LogP contribution in [0.4, 0.5) is 4.39 Å². The number of nitrogens with one attached hydrogen (secondary N) is 1. The van der Waals surface area contributed by atoms with E-state index in [0.717, 1.165) is 10.9 Å². The molecule has 0 bridgehead atoms. The molecule has 0 atom stereocenters. The number of aromatic nitrogens is 1. The molecule has 0 aliphatic heterocycles. The molecule has 0 fully saturated rings. The van der Waals surface area contributed by atoms with E-state index in [4.69, 9.17) is 4.74 Å². The molecule has 4 nitrogen and oxygen atoms in total. The van der Waals surface area contributed by atoms with E-state index in [0.29, 0.717) is 18.9 Å². The number of carbonyl (C=O) groups is 1. The third kappa shape index (κ3) is 3.63. The Hall–Kier alpha value is -2.95. The summed E-state index contributed by atoms with van der Waals surface area (Å²) < 4.78 is 18.8. The molecule has 0 spiro atoms. The van der Waals surface area contributed by atoms with Gasteiger partial charge >= 0.3 is 0 Å². The summed E-state index contributed by atoms with van der Waals surface area (Å²) in [6, 6.07) is 15.1. The molecule has 2 aromatic carbocycles. The van der Waals surface area contributed by atoms with Gasteiger partial charge in [-0.05, 0) is 30.3 Å². The summed E-state index contributed by atoms with van der Waals surface area (Å²) in [5.41, 5.74) is 1.07. The smallest absolute Gasteiger partial charge is 0.251 e. The Bertz CT molecular complexity index is 831. The van der Waals surface area contributed by atoms with Crippen LogP contribution in [0, 0.1) is 5.82 Å². The second kappa shape index (κ2) is 6.87. The summed E-state index contributed by atoms with van der Waals surface area (Å²) in [5.74, 6) is -0.0945. The third-order valence-electron chi connectivity index (χ3n) is 3.33. The van der Waals surface area contributed by atoms with Gasteiger partial charge in [0.25, 0.3) is 5.91 Å². The Labute approximate surface area is 132 Å². The topological polar surface area (TPSA) is 51.2 Å². The molecule has 1 N–H and O–H groups in total. The minimum Gasteiger partial charge on any atom is -0.489 e. The Morgan fingerprint density at radius 3 is 2.83 bits per heavy atom. The van der Waals surface area contributed by atoms with Crippen LogP contribution in [-0.2, 0) is 0 Å². The fraction of sp³-hybridized carbons (Fsp3) is 0.111. The summed E-state index contributed by atoms with van der Waals surface area (Å²) >= 11 is 0. The number of carbonyl (C=O) groups excluding carboxylic acids is 1. The monoisotopic (exact) mass is 310 g/mol. The molecule has 1 aromatic heterocycles. The summed E-state index contributed by atoms with van der Waals surface area (Å²) in [7, 11) is 0. The van der Waals surface area contributed by atoms with Crippen molar-refractivity contribution < 1.29 is 13.9 Å². The fourth-order valence-corrected chi connectivity index (χ4v) is 2.25. The summed E-state index contributed by atoms with van der Waals surface area (Å²) in [4.78, 5) is 16.2. The number of rotatable bonds is 5. The quantitative estimate of drug-likeness (QED) is 0.736. The van der Waals surface area contributed by atoms with Crippen LogP contribution in [0.3, 0.4) is 0 Å². The second-order valence-electron chi connectivity index (χ2n) is 4.95. The first-order valence-corrected chi connectivity index (χ1v) is 7.24. The molecule has 3 aromatic rings. The lowest BCUT2D eigenvalue weighted by Crippen LogP contribution is -2.28. The molecular formula is C18H15FN2O2. The van der Waals surface area contributed by atoms with Crippen molar-refractivity contribution in [1.82, 2.24) is 10.3 Å². The average Bonchev–Trinajstić information content (AvgIpc) is 2.58. The predicted octanol–water partition coefficient (Wildman–Crippen LogP) is 3.18. The van der Waals surface area contributed by atoms with Gasteiger partial charge in [0, 0.05) is 17.1 Å². The zero-order chi connectivity index (χ0) is 16.1. The lowest BCUT2D eigenvalue weighted by Gasteiger charge is -2.09. The van der Waals surface area contributed by atoms with E-state index < -0.39 is 5.82 Å². The predicted molar refractivity (Wildman–Crippen MR) is 86.0 cm³/mol. The molecule has 5 heteroatoms. The van der Waals surface area contributed by atoms with Gasteiger partial charge in [-0.15, -0.1) is 0 Å². The van der Waals surface area contributed by atoms with Crippen molar-refractivity contribution in [3.05, 3.63) is 72.2 Å². The van der Waals surface area contributed by atoms with E-state index >= 15 is 0 Å². The first-order chi connectivity index (χ1) is 11.2. The van der Waals surface area contributed by atoms with Crippen LogP contribution in [0.25, 0.3) is 10.9 Å². The van der Waals surface area contributed by atoms with E-state index in [1.807, 2.05) is 30.3 Å². The number of ether oxygens (including phenoxy) is 1. The van der Waals surface area contributed by atoms with Crippen LogP contribution in [-0.4, -0.2) is 24.0 Å². The van der Waals surface area contributed by atoms with Crippen LogP contribution in [0.2, 0.25) is 0 Å². The van der Waals surface area contributed by atoms with E-state index in [-0.39, 0.29) is 11.5 Å². The van der Waals surface area contributed by atoms with Crippen LogP contribution >= 0.6 is 0 Å². The number of para-hydroxylation sites is 1. The van der Waals surface area contributed by atoms with Crippen LogP contribution < -0.4 is 10.1 Å². The normalized spacial score (nSPS) is 10.5. The van der Waals surface area contributed by atoms with Gasteiger partial charge in [0.15, 0.2) is 0 Å². The number of amides is 1. The van der Waals surface area contributed by atoms with Crippen molar-refractivity contribution in [2.45, 2.75) is 0 Å². The Morgan fingerprint density at radius 1 is 1.13 bits per heavy atom. The van der Waals surface area contributed by atoms with Crippen molar-refractivity contribution in [3.63, 3.8) is 0 Å². The van der Waals surface area contributed by atoms with Gasteiger partial charge < -0.3 is 10.1 Å². The van der Waals surface area contributed by atoms with Crippen molar-refractivity contribution in [3.8, 4) is 5.75 Å². The van der Waals surface area contributed by atoms with Gasteiger partial charge in [-0.1, -0.05) is 24.3 Å². The molecule has 0 saturated carbocycles. The summed E-state index contributed by atoms with van der Waals surface area (Å²) in [6.45, 7) is 0.620. The largest absolute Gasteiger partial charge is 0.489 e. The Morgan fingerprint density at radius 2 is 1.96 bits per heavy atom. The molecule has 1 heterocycles. The van der Waals surface area contributed by atoms with Gasteiger partial charge in [0.2, 0.25) is 0 Å². The Balaban J connectivity index is 1.56. The van der Waals surface area contributed by atoms with Crippen molar-refractivity contribution in [2.75, 3.05) is 13.2 Å². The summed E-state index contributed by atoms with van der Waals surface area (Å²) in [5, 5.41) is 3.69. The van der Waals surface area contributed by atoms with Crippen molar-refractivity contribution in [2.24, 2.45) is 0 Å². The number of hydrogen-bond acceptors (Lipinski definition) is 3. The molecule has 1 amide bonds. The fourth-order valence-electron chi connectivity index (χ4n) is 2.25. The van der Waals surface area contributed by atoms with Crippen LogP contribution in [0.1, 0.15) is 10.4 Å². The number of pyridine rings is 1. The standard InChI is InChI=1S/C18H15FN2O2/c19-15-7-1-5-14(12-15)18(22)21-10-11-23-16-8-2-4-13-6-3-9-20-17(13)16/h1-9,12H,10-11H2,(H,21,22). The van der Waals surface area contributed by atoms with E-state index in [9.17, 15) is 9.18 Å². The lowest BCUT2D eigenvalue weighted by atomic mass is 10.2.